The lowest BCUT2D eigenvalue weighted by Gasteiger charge is -2.30. The van der Waals surface area contributed by atoms with Gasteiger partial charge in [0.25, 0.3) is 0 Å². The Balaban J connectivity index is 4.89. The van der Waals surface area contributed by atoms with E-state index in [1.54, 1.807) is 13.8 Å². The molecule has 0 radical (unpaired) electrons. The summed E-state index contributed by atoms with van der Waals surface area (Å²) in [5.41, 5.74) is -1.07. The van der Waals surface area contributed by atoms with E-state index in [2.05, 4.69) is 0 Å². The van der Waals surface area contributed by atoms with Crippen molar-refractivity contribution in [1.82, 2.24) is 0 Å². The van der Waals surface area contributed by atoms with Crippen molar-refractivity contribution in [2.45, 2.75) is 40.2 Å². The molecule has 4 nitrogen and oxygen atoms in total. The van der Waals surface area contributed by atoms with E-state index in [9.17, 15) is 14.4 Å². The molecule has 0 saturated carbocycles. The first-order chi connectivity index (χ1) is 6.18. The fraction of sp³-hybridized carbons (Fsp3) is 0.700. The summed E-state index contributed by atoms with van der Waals surface area (Å²) < 4.78 is 4.94. The second-order valence-electron chi connectivity index (χ2n) is 3.85. The van der Waals surface area contributed by atoms with Crippen LogP contribution < -0.4 is 0 Å². The van der Waals surface area contributed by atoms with E-state index in [1.165, 1.54) is 20.8 Å². The minimum absolute atomic E-state index is 0.288. The Morgan fingerprint density at radius 1 is 1.00 bits per heavy atom. The molecule has 0 aromatic carbocycles. The molecular weight excluding hydrogens is 184 g/mol. The van der Waals surface area contributed by atoms with Crippen molar-refractivity contribution in [2.24, 2.45) is 5.92 Å². The third-order valence-corrected chi connectivity index (χ3v) is 1.92. The second kappa shape index (κ2) is 4.35. The van der Waals surface area contributed by atoms with Crippen molar-refractivity contribution in [2.75, 3.05) is 0 Å². The summed E-state index contributed by atoms with van der Waals surface area (Å²) in [5, 5.41) is 0. The van der Waals surface area contributed by atoms with Gasteiger partial charge in [-0.05, 0) is 27.7 Å². The van der Waals surface area contributed by atoms with Crippen LogP contribution in [0.5, 0.6) is 0 Å². The molecule has 0 atom stereocenters. The normalized spacial score (nSPS) is 11.3. The van der Waals surface area contributed by atoms with E-state index in [4.69, 9.17) is 4.74 Å². The molecule has 0 amide bonds. The van der Waals surface area contributed by atoms with Gasteiger partial charge in [-0.2, -0.15) is 0 Å². The Morgan fingerprint density at radius 3 is 1.57 bits per heavy atom. The largest absolute Gasteiger partial charge is 0.459 e. The highest BCUT2D eigenvalue weighted by molar-refractivity contribution is 6.01. The highest BCUT2D eigenvalue weighted by Crippen LogP contribution is 2.23. The Morgan fingerprint density at radius 2 is 1.36 bits per heavy atom. The first-order valence-corrected chi connectivity index (χ1v) is 4.39. The van der Waals surface area contributed by atoms with Gasteiger partial charge in [-0.1, -0.05) is 0 Å². The topological polar surface area (TPSA) is 60.4 Å². The zero-order valence-electron chi connectivity index (χ0n) is 9.21. The molecule has 0 N–H and O–H groups in total. The van der Waals surface area contributed by atoms with Crippen LogP contribution in [-0.4, -0.2) is 23.1 Å². The lowest BCUT2D eigenvalue weighted by molar-refractivity contribution is -0.163. The Labute approximate surface area is 83.6 Å². The van der Waals surface area contributed by atoms with Crippen molar-refractivity contribution >= 4 is 17.5 Å². The minimum atomic E-state index is -1.07. The number of esters is 1. The second-order valence-corrected chi connectivity index (χ2v) is 3.85. The lowest BCUT2D eigenvalue weighted by Crippen LogP contribution is -2.43. The zero-order chi connectivity index (χ0) is 11.5. The molecular formula is C10H16O4. The van der Waals surface area contributed by atoms with Crippen molar-refractivity contribution in [3.63, 3.8) is 0 Å². The van der Waals surface area contributed by atoms with Gasteiger partial charge in [-0.25, -0.2) is 0 Å². The number of hydrogen-bond donors (Lipinski definition) is 0. The van der Waals surface area contributed by atoms with Gasteiger partial charge in [0, 0.05) is 6.92 Å². The van der Waals surface area contributed by atoms with Gasteiger partial charge in [0.15, 0.2) is 0 Å². The SMILES string of the molecule is CC(=O)OC(C)(C)C(C(C)=O)C(C)=O. The first-order valence-electron chi connectivity index (χ1n) is 4.39. The fourth-order valence-corrected chi connectivity index (χ4v) is 1.69. The fourth-order valence-electron chi connectivity index (χ4n) is 1.69. The van der Waals surface area contributed by atoms with Crippen LogP contribution in [0, 0.1) is 5.92 Å². The summed E-state index contributed by atoms with van der Waals surface area (Å²) in [4.78, 5) is 33.2. The average Bonchev–Trinajstić information content (AvgIpc) is 1.77. The number of ether oxygens (including phenoxy) is 1. The van der Waals surface area contributed by atoms with Crippen molar-refractivity contribution in [3.05, 3.63) is 0 Å². The number of ketones is 2. The molecule has 0 aliphatic carbocycles. The smallest absolute Gasteiger partial charge is 0.303 e. The van der Waals surface area contributed by atoms with E-state index in [1.807, 2.05) is 0 Å². The number of rotatable bonds is 4. The lowest BCUT2D eigenvalue weighted by atomic mass is 9.84. The molecule has 0 aromatic heterocycles. The van der Waals surface area contributed by atoms with E-state index >= 15 is 0 Å². The van der Waals surface area contributed by atoms with Crippen LogP contribution in [0.4, 0.5) is 0 Å². The molecule has 0 aliphatic rings. The van der Waals surface area contributed by atoms with Gasteiger partial charge in [0.1, 0.15) is 23.1 Å². The quantitative estimate of drug-likeness (QED) is 0.504. The van der Waals surface area contributed by atoms with Crippen LogP contribution in [0.25, 0.3) is 0 Å². The summed E-state index contributed by atoms with van der Waals surface area (Å²) in [5.74, 6) is -1.96. The van der Waals surface area contributed by atoms with Gasteiger partial charge in [0.2, 0.25) is 0 Å². The third kappa shape index (κ3) is 3.28. The van der Waals surface area contributed by atoms with E-state index in [-0.39, 0.29) is 11.6 Å². The zero-order valence-corrected chi connectivity index (χ0v) is 9.21. The molecule has 0 rings (SSSR count). The van der Waals surface area contributed by atoms with E-state index in [0.717, 1.165) is 0 Å². The highest BCUT2D eigenvalue weighted by atomic mass is 16.6. The summed E-state index contributed by atoms with van der Waals surface area (Å²) in [6.45, 7) is 7.00. The molecule has 0 saturated heterocycles. The minimum Gasteiger partial charge on any atom is -0.459 e. The Bertz CT molecular complexity index is 251. The summed E-state index contributed by atoms with van der Waals surface area (Å²) in [6.07, 6.45) is 0. The van der Waals surface area contributed by atoms with Crippen LogP contribution in [0.1, 0.15) is 34.6 Å². The summed E-state index contributed by atoms with van der Waals surface area (Å²) >= 11 is 0. The molecule has 0 fully saturated rings. The molecule has 14 heavy (non-hydrogen) atoms. The standard InChI is InChI=1S/C10H16O4/c1-6(11)9(7(2)12)10(4,5)14-8(3)13/h9H,1-5H3. The van der Waals surface area contributed by atoms with Gasteiger partial charge in [0.05, 0.1) is 0 Å². The maximum absolute atomic E-state index is 11.2. The average molecular weight is 200 g/mol. The maximum atomic E-state index is 11.2. The van der Waals surface area contributed by atoms with E-state index in [0.29, 0.717) is 0 Å². The number of hydrogen-bond acceptors (Lipinski definition) is 4. The molecule has 80 valence electrons. The number of Topliss-reactive ketones (excluding diaryl/α,β-unsaturated/α-hetero) is 2. The van der Waals surface area contributed by atoms with Crippen LogP contribution in [0.2, 0.25) is 0 Å². The molecule has 0 unspecified atom stereocenters. The van der Waals surface area contributed by atoms with E-state index < -0.39 is 17.5 Å². The Hall–Kier alpha value is -1.19. The first kappa shape index (κ1) is 12.8. The predicted molar refractivity (Wildman–Crippen MR) is 50.7 cm³/mol. The predicted octanol–water partition coefficient (Wildman–Crippen LogP) is 1.12. The van der Waals surface area contributed by atoms with Gasteiger partial charge in [-0.15, -0.1) is 0 Å². The van der Waals surface area contributed by atoms with Crippen molar-refractivity contribution in [1.29, 1.82) is 0 Å². The monoisotopic (exact) mass is 200 g/mol. The molecule has 0 heterocycles. The summed E-state index contributed by atoms with van der Waals surface area (Å²) in [7, 11) is 0. The molecule has 0 bridgehead atoms. The van der Waals surface area contributed by atoms with Gasteiger partial charge in [-0.3, -0.25) is 14.4 Å². The van der Waals surface area contributed by atoms with Crippen LogP contribution in [0.3, 0.4) is 0 Å². The van der Waals surface area contributed by atoms with Gasteiger partial charge < -0.3 is 4.74 Å². The summed E-state index contributed by atoms with van der Waals surface area (Å²) in [6, 6.07) is 0. The highest BCUT2D eigenvalue weighted by Gasteiger charge is 2.39. The van der Waals surface area contributed by atoms with Crippen molar-refractivity contribution < 1.29 is 19.1 Å². The molecule has 0 aliphatic heterocycles. The number of carbonyl (C=O) groups excluding carboxylic acids is 3. The number of carbonyl (C=O) groups is 3. The Kier molecular flexibility index (Phi) is 3.98. The third-order valence-electron chi connectivity index (χ3n) is 1.92. The van der Waals surface area contributed by atoms with Crippen LogP contribution >= 0.6 is 0 Å². The van der Waals surface area contributed by atoms with Crippen molar-refractivity contribution in [3.8, 4) is 0 Å². The molecule has 4 heteroatoms. The van der Waals surface area contributed by atoms with Crippen LogP contribution in [0.15, 0.2) is 0 Å². The van der Waals surface area contributed by atoms with Gasteiger partial charge >= 0.3 is 5.97 Å². The molecule has 0 spiro atoms. The maximum Gasteiger partial charge on any atom is 0.303 e. The van der Waals surface area contributed by atoms with Crippen LogP contribution in [-0.2, 0) is 19.1 Å². The molecule has 0 aromatic rings.